The molecule has 0 aliphatic carbocycles. The molecule has 128 valence electrons. The van der Waals surface area contributed by atoms with Gasteiger partial charge in [-0.1, -0.05) is 18.2 Å². The van der Waals surface area contributed by atoms with E-state index in [0.717, 1.165) is 11.3 Å². The van der Waals surface area contributed by atoms with Crippen LogP contribution in [0.25, 0.3) is 0 Å². The van der Waals surface area contributed by atoms with Crippen LogP contribution in [0.15, 0.2) is 42.5 Å². The highest BCUT2D eigenvalue weighted by atomic mass is 16.7. The van der Waals surface area contributed by atoms with Gasteiger partial charge < -0.3 is 24.8 Å². The maximum Gasteiger partial charge on any atom is 0.313 e. The second-order valence-corrected chi connectivity index (χ2v) is 5.72. The van der Waals surface area contributed by atoms with Crippen LogP contribution < -0.4 is 24.8 Å². The fraction of sp³-hybridized carbons (Fsp3) is 0.222. The van der Waals surface area contributed by atoms with Crippen molar-refractivity contribution in [1.29, 1.82) is 0 Å². The van der Waals surface area contributed by atoms with E-state index in [4.69, 9.17) is 14.2 Å². The zero-order valence-electron chi connectivity index (χ0n) is 13.3. The van der Waals surface area contributed by atoms with Crippen LogP contribution in [0.5, 0.6) is 17.2 Å². The topological polar surface area (TPSA) is 85.9 Å². The quantitative estimate of drug-likeness (QED) is 0.817. The Morgan fingerprint density at radius 3 is 2.68 bits per heavy atom. The van der Waals surface area contributed by atoms with E-state index in [2.05, 4.69) is 10.6 Å². The third-order valence-corrected chi connectivity index (χ3v) is 4.10. The molecule has 0 fully saturated rings. The van der Waals surface area contributed by atoms with E-state index in [1.807, 2.05) is 24.3 Å². The van der Waals surface area contributed by atoms with Gasteiger partial charge in [-0.3, -0.25) is 9.59 Å². The first kappa shape index (κ1) is 15.3. The number of nitrogens with one attached hydrogen (secondary N) is 2. The number of benzene rings is 2. The third-order valence-electron chi connectivity index (χ3n) is 4.10. The molecule has 0 saturated carbocycles. The Bertz CT molecular complexity index is 836. The van der Waals surface area contributed by atoms with Crippen LogP contribution in [0.4, 0.5) is 5.69 Å². The monoisotopic (exact) mass is 340 g/mol. The Kier molecular flexibility index (Phi) is 3.89. The number of anilines is 1. The number of fused-ring (bicyclic) bond motifs is 2. The number of carbonyl (C=O) groups is 2. The highest BCUT2D eigenvalue weighted by Gasteiger charge is 2.25. The molecule has 1 unspecified atom stereocenters. The Morgan fingerprint density at radius 2 is 1.76 bits per heavy atom. The van der Waals surface area contributed by atoms with Gasteiger partial charge in [-0.2, -0.15) is 0 Å². The predicted molar refractivity (Wildman–Crippen MR) is 88.6 cm³/mol. The lowest BCUT2D eigenvalue weighted by Crippen LogP contribution is -2.39. The minimum absolute atomic E-state index is 0.149. The molecule has 2 heterocycles. The highest BCUT2D eigenvalue weighted by molar-refractivity contribution is 6.39. The molecule has 0 spiro atoms. The molecule has 1 atom stereocenters. The number of rotatable bonds is 2. The summed E-state index contributed by atoms with van der Waals surface area (Å²) in [6.45, 7) is 0.641. The highest BCUT2D eigenvalue weighted by Crippen LogP contribution is 2.34. The molecule has 0 bridgehead atoms. The average molecular weight is 340 g/mol. The Hall–Kier alpha value is -3.22. The molecule has 2 aromatic carbocycles. The number of amides is 2. The van der Waals surface area contributed by atoms with Gasteiger partial charge in [0.2, 0.25) is 6.79 Å². The van der Waals surface area contributed by atoms with Crippen LogP contribution in [-0.4, -0.2) is 25.2 Å². The third kappa shape index (κ3) is 3.08. The zero-order chi connectivity index (χ0) is 17.2. The molecule has 0 radical (unpaired) electrons. The maximum atomic E-state index is 12.2. The van der Waals surface area contributed by atoms with Gasteiger partial charge in [0.25, 0.3) is 0 Å². The molecule has 2 N–H and O–H groups in total. The Morgan fingerprint density at radius 1 is 0.920 bits per heavy atom. The van der Waals surface area contributed by atoms with Crippen LogP contribution in [0.2, 0.25) is 0 Å². The van der Waals surface area contributed by atoms with Crippen LogP contribution >= 0.6 is 0 Å². The summed E-state index contributed by atoms with van der Waals surface area (Å²) in [4.78, 5) is 24.4. The maximum absolute atomic E-state index is 12.2. The van der Waals surface area contributed by atoms with E-state index in [9.17, 15) is 9.59 Å². The van der Waals surface area contributed by atoms with Gasteiger partial charge in [-0.25, -0.2) is 0 Å². The summed E-state index contributed by atoms with van der Waals surface area (Å²) in [6.07, 6.45) is 0.611. The fourth-order valence-corrected chi connectivity index (χ4v) is 2.88. The van der Waals surface area contributed by atoms with Gasteiger partial charge in [0.1, 0.15) is 5.75 Å². The lowest BCUT2D eigenvalue weighted by molar-refractivity contribution is -0.136. The van der Waals surface area contributed by atoms with Crippen LogP contribution in [0.1, 0.15) is 18.0 Å². The number of hydrogen-bond acceptors (Lipinski definition) is 5. The standard InChI is InChI=1S/C18H16N2O5/c21-17(19-11-5-6-15-16(9-11)25-10-24-15)18(22)20-13-7-8-23-14-4-2-1-3-12(13)14/h1-6,9,13H,7-8,10H2,(H,19,21)(H,20,22). The van der Waals surface area contributed by atoms with Crippen LogP contribution in [-0.2, 0) is 9.59 Å². The van der Waals surface area contributed by atoms with Gasteiger partial charge in [0.05, 0.1) is 12.6 Å². The van der Waals surface area contributed by atoms with Crippen molar-refractivity contribution >= 4 is 17.5 Å². The molecule has 0 saturated heterocycles. The van der Waals surface area contributed by atoms with Gasteiger partial charge in [0.15, 0.2) is 11.5 Å². The minimum atomic E-state index is -0.733. The summed E-state index contributed by atoms with van der Waals surface area (Å²) in [5.41, 5.74) is 1.34. The van der Waals surface area contributed by atoms with E-state index in [1.165, 1.54) is 0 Å². The predicted octanol–water partition coefficient (Wildman–Crippen LogP) is 1.99. The Labute approximate surface area is 143 Å². The van der Waals surface area contributed by atoms with E-state index in [1.54, 1.807) is 18.2 Å². The van der Waals surface area contributed by atoms with E-state index in [-0.39, 0.29) is 12.8 Å². The number of carbonyl (C=O) groups excluding carboxylic acids is 2. The lowest BCUT2D eigenvalue weighted by atomic mass is 10.0. The van der Waals surface area contributed by atoms with Gasteiger partial charge in [-0.05, 0) is 18.2 Å². The summed E-state index contributed by atoms with van der Waals surface area (Å²) in [5, 5.41) is 5.33. The van der Waals surface area contributed by atoms with Crippen molar-refractivity contribution in [1.82, 2.24) is 5.32 Å². The lowest BCUT2D eigenvalue weighted by Gasteiger charge is -2.26. The summed E-state index contributed by atoms with van der Waals surface area (Å²) >= 11 is 0. The molecular weight excluding hydrogens is 324 g/mol. The molecule has 2 aromatic rings. The SMILES string of the molecule is O=C(Nc1ccc2c(c1)OCO2)C(=O)NC1CCOc2ccccc21. The van der Waals surface area contributed by atoms with Gasteiger partial charge in [0, 0.05) is 23.7 Å². The summed E-state index contributed by atoms with van der Waals surface area (Å²) in [6, 6.07) is 12.2. The van der Waals surface area contributed by atoms with Gasteiger partial charge >= 0.3 is 11.8 Å². The summed E-state index contributed by atoms with van der Waals surface area (Å²) in [7, 11) is 0. The molecule has 2 aliphatic rings. The van der Waals surface area contributed by atoms with Crippen molar-refractivity contribution in [3.63, 3.8) is 0 Å². The second kappa shape index (κ2) is 6.35. The van der Waals surface area contributed by atoms with Crippen molar-refractivity contribution in [3.8, 4) is 17.2 Å². The van der Waals surface area contributed by atoms with Crippen LogP contribution in [0, 0.1) is 0 Å². The number of ether oxygens (including phenoxy) is 3. The smallest absolute Gasteiger partial charge is 0.313 e. The minimum Gasteiger partial charge on any atom is -0.493 e. The van der Waals surface area contributed by atoms with Crippen molar-refractivity contribution in [2.45, 2.75) is 12.5 Å². The average Bonchev–Trinajstić information content (AvgIpc) is 3.10. The first-order valence-electron chi connectivity index (χ1n) is 7.94. The first-order chi connectivity index (χ1) is 12.2. The van der Waals surface area contributed by atoms with E-state index in [0.29, 0.717) is 30.2 Å². The molecule has 25 heavy (non-hydrogen) atoms. The van der Waals surface area contributed by atoms with E-state index >= 15 is 0 Å². The molecule has 2 amide bonds. The largest absolute Gasteiger partial charge is 0.493 e. The van der Waals surface area contributed by atoms with E-state index < -0.39 is 11.8 Å². The van der Waals surface area contributed by atoms with Crippen molar-refractivity contribution < 1.29 is 23.8 Å². The summed E-state index contributed by atoms with van der Waals surface area (Å²) < 4.78 is 16.0. The molecular formula is C18H16N2O5. The van der Waals surface area contributed by atoms with Gasteiger partial charge in [-0.15, -0.1) is 0 Å². The molecule has 7 heteroatoms. The number of hydrogen-bond donors (Lipinski definition) is 2. The molecule has 4 rings (SSSR count). The molecule has 2 aliphatic heterocycles. The molecule has 0 aromatic heterocycles. The van der Waals surface area contributed by atoms with Crippen molar-refractivity contribution in [2.24, 2.45) is 0 Å². The Balaban J connectivity index is 1.42. The molecule has 7 nitrogen and oxygen atoms in total. The van der Waals surface area contributed by atoms with Crippen LogP contribution in [0.3, 0.4) is 0 Å². The normalized spacial score (nSPS) is 17.2. The zero-order valence-corrected chi connectivity index (χ0v) is 13.3. The fourth-order valence-electron chi connectivity index (χ4n) is 2.88. The number of para-hydroxylation sites is 1. The van der Waals surface area contributed by atoms with Crippen molar-refractivity contribution in [3.05, 3.63) is 48.0 Å². The first-order valence-corrected chi connectivity index (χ1v) is 7.94. The second-order valence-electron chi connectivity index (χ2n) is 5.72. The summed E-state index contributed by atoms with van der Waals surface area (Å²) in [5.74, 6) is 0.454. The van der Waals surface area contributed by atoms with Crippen molar-refractivity contribution in [2.75, 3.05) is 18.7 Å².